The average Bonchev–Trinajstić information content (AvgIpc) is 3.48. The second-order valence-corrected chi connectivity index (χ2v) is 11.3. The normalized spacial score (nSPS) is 12.1. The summed E-state index contributed by atoms with van der Waals surface area (Å²) in [6, 6.07) is 21.4. The van der Waals surface area contributed by atoms with Crippen LogP contribution < -0.4 is 0 Å². The Morgan fingerprint density at radius 2 is 1.19 bits per heavy atom. The molecular formula is C26H16N4SSe. The van der Waals surface area contributed by atoms with Crippen LogP contribution in [0.25, 0.3) is 64.6 Å². The summed E-state index contributed by atoms with van der Waals surface area (Å²) in [6.07, 6.45) is 0. The van der Waals surface area contributed by atoms with Crippen molar-refractivity contribution in [1.29, 1.82) is 0 Å². The van der Waals surface area contributed by atoms with Gasteiger partial charge >= 0.3 is 194 Å². The van der Waals surface area contributed by atoms with Crippen LogP contribution in [0.4, 0.5) is 0 Å². The first kappa shape index (κ1) is 18.4. The van der Waals surface area contributed by atoms with Gasteiger partial charge in [0.25, 0.3) is 0 Å². The number of aryl methyl sites for hydroxylation is 2. The van der Waals surface area contributed by atoms with Gasteiger partial charge in [-0.2, -0.15) is 0 Å². The molecule has 4 nitrogen and oxygen atoms in total. The van der Waals surface area contributed by atoms with E-state index in [1.54, 1.807) is 0 Å². The molecule has 0 amide bonds. The summed E-state index contributed by atoms with van der Waals surface area (Å²) in [5.41, 5.74) is 7.81. The van der Waals surface area contributed by atoms with Crippen LogP contribution in [0.5, 0.6) is 0 Å². The van der Waals surface area contributed by atoms with Gasteiger partial charge in [-0.25, -0.2) is 0 Å². The predicted octanol–water partition coefficient (Wildman–Crippen LogP) is 6.43. The van der Waals surface area contributed by atoms with Crippen molar-refractivity contribution >= 4 is 80.9 Å². The summed E-state index contributed by atoms with van der Waals surface area (Å²) < 4.78 is 12.0. The molecule has 0 aliphatic heterocycles. The van der Waals surface area contributed by atoms with E-state index in [2.05, 4.69) is 78.9 Å². The van der Waals surface area contributed by atoms with Crippen molar-refractivity contribution in [2.75, 3.05) is 0 Å². The number of hydrogen-bond donors (Lipinski definition) is 0. The van der Waals surface area contributed by atoms with Gasteiger partial charge in [-0.3, -0.25) is 0 Å². The van der Waals surface area contributed by atoms with Crippen LogP contribution in [-0.2, 0) is 0 Å². The van der Waals surface area contributed by atoms with Gasteiger partial charge in [-0.15, -0.1) is 0 Å². The molecular weight excluding hydrogens is 479 g/mol. The summed E-state index contributed by atoms with van der Waals surface area (Å²) >= 11 is 1.53. The number of fused-ring (bicyclic) bond motifs is 8. The van der Waals surface area contributed by atoms with Crippen LogP contribution >= 0.6 is 11.7 Å². The van der Waals surface area contributed by atoms with Gasteiger partial charge in [-0.1, -0.05) is 0 Å². The van der Waals surface area contributed by atoms with Crippen molar-refractivity contribution in [2.24, 2.45) is 0 Å². The van der Waals surface area contributed by atoms with Crippen LogP contribution in [0.15, 0.2) is 60.7 Å². The monoisotopic (exact) mass is 496 g/mol. The minimum absolute atomic E-state index is 0.265. The van der Waals surface area contributed by atoms with Gasteiger partial charge in [0.2, 0.25) is 0 Å². The molecule has 0 saturated carbocycles. The Bertz CT molecular complexity index is 1870. The molecule has 7 rings (SSSR count). The van der Waals surface area contributed by atoms with Crippen LogP contribution in [0.2, 0.25) is 0 Å². The Kier molecular flexibility index (Phi) is 3.83. The van der Waals surface area contributed by atoms with Crippen LogP contribution in [0.3, 0.4) is 0 Å². The Balaban J connectivity index is 1.79. The van der Waals surface area contributed by atoms with Gasteiger partial charge in [0.05, 0.1) is 0 Å². The van der Waals surface area contributed by atoms with Crippen LogP contribution in [-0.4, -0.2) is 33.2 Å². The SMILES string of the molecule is Cc1ccc(-c2c3nsnc3c(C)c3nc4c5ccccc5c5ccccc5c4nc23)[se]1. The molecule has 7 aromatic rings. The van der Waals surface area contributed by atoms with E-state index in [-0.39, 0.29) is 14.5 Å². The molecule has 0 aliphatic carbocycles. The second kappa shape index (κ2) is 6.66. The topological polar surface area (TPSA) is 51.6 Å². The Morgan fingerprint density at radius 3 is 1.81 bits per heavy atom. The summed E-state index contributed by atoms with van der Waals surface area (Å²) in [6.45, 7) is 4.29. The molecule has 0 N–H and O–H groups in total. The third kappa shape index (κ3) is 2.43. The Morgan fingerprint density at radius 1 is 0.594 bits per heavy atom. The molecule has 152 valence electrons. The van der Waals surface area contributed by atoms with Crippen molar-refractivity contribution in [3.05, 3.63) is 70.7 Å². The number of aromatic nitrogens is 4. The zero-order chi connectivity index (χ0) is 21.4. The number of benzene rings is 4. The predicted molar refractivity (Wildman–Crippen MR) is 135 cm³/mol. The average molecular weight is 495 g/mol. The third-order valence-electron chi connectivity index (χ3n) is 6.21. The quantitative estimate of drug-likeness (QED) is 0.150. The van der Waals surface area contributed by atoms with E-state index in [1.165, 1.54) is 31.4 Å². The molecule has 0 atom stereocenters. The molecule has 4 aromatic carbocycles. The molecule has 0 bridgehead atoms. The fraction of sp³-hybridized carbons (Fsp3) is 0.0769. The molecule has 0 fully saturated rings. The van der Waals surface area contributed by atoms with Gasteiger partial charge in [-0.05, 0) is 0 Å². The number of rotatable bonds is 1. The van der Waals surface area contributed by atoms with Gasteiger partial charge in [0.15, 0.2) is 0 Å². The van der Waals surface area contributed by atoms with Crippen molar-refractivity contribution < 1.29 is 0 Å². The van der Waals surface area contributed by atoms with E-state index in [4.69, 9.17) is 14.3 Å². The van der Waals surface area contributed by atoms with Crippen molar-refractivity contribution in [3.63, 3.8) is 0 Å². The van der Waals surface area contributed by atoms with E-state index < -0.39 is 0 Å². The zero-order valence-corrected chi connectivity index (χ0v) is 19.9. The molecule has 0 aliphatic rings. The number of hydrogen-bond acceptors (Lipinski definition) is 5. The second-order valence-electron chi connectivity index (χ2n) is 8.08. The van der Waals surface area contributed by atoms with Gasteiger partial charge in [0, 0.05) is 0 Å². The van der Waals surface area contributed by atoms with Crippen LogP contribution in [0.1, 0.15) is 10.0 Å². The fourth-order valence-corrected chi connectivity index (χ4v) is 7.24. The van der Waals surface area contributed by atoms with E-state index >= 15 is 0 Å². The molecule has 0 saturated heterocycles. The molecule has 3 aromatic heterocycles. The Labute approximate surface area is 193 Å². The van der Waals surface area contributed by atoms with Gasteiger partial charge < -0.3 is 0 Å². The van der Waals surface area contributed by atoms with Crippen molar-refractivity contribution in [2.45, 2.75) is 13.8 Å². The Hall–Kier alpha value is -3.18. The summed E-state index contributed by atoms with van der Waals surface area (Å²) in [4.78, 5) is 10.6. The fourth-order valence-electron chi connectivity index (χ4n) is 4.72. The summed E-state index contributed by atoms with van der Waals surface area (Å²) in [5.74, 6) is 0. The molecule has 0 spiro atoms. The first-order chi connectivity index (χ1) is 15.7. The minimum atomic E-state index is 0.265. The van der Waals surface area contributed by atoms with Gasteiger partial charge in [0.1, 0.15) is 0 Å². The van der Waals surface area contributed by atoms with E-state index in [0.717, 1.165) is 55.0 Å². The molecule has 0 radical (unpaired) electrons. The van der Waals surface area contributed by atoms with E-state index in [1.807, 2.05) is 0 Å². The number of nitrogens with zero attached hydrogens (tertiary/aromatic N) is 4. The first-order valence-electron chi connectivity index (χ1n) is 10.4. The third-order valence-corrected chi connectivity index (χ3v) is 8.87. The first-order valence-corrected chi connectivity index (χ1v) is 12.9. The molecule has 0 unspecified atom stereocenters. The maximum atomic E-state index is 5.34. The van der Waals surface area contributed by atoms with E-state index in [9.17, 15) is 0 Å². The molecule has 32 heavy (non-hydrogen) atoms. The zero-order valence-electron chi connectivity index (χ0n) is 17.4. The van der Waals surface area contributed by atoms with E-state index in [0.29, 0.717) is 0 Å². The standard InChI is InChI=1S/C26H16N4SSe/c1-13-11-12-19(32-13)20-25-21(14(2)22-26(20)30-31-29-22)27-23-17-9-5-3-7-15(17)16-8-4-6-10-18(16)24(23)28-25/h3-12H,1-2H3. The molecule has 6 heteroatoms. The van der Waals surface area contributed by atoms with Crippen molar-refractivity contribution in [3.8, 4) is 10.0 Å². The maximum absolute atomic E-state index is 5.34. The molecule has 3 heterocycles. The van der Waals surface area contributed by atoms with Crippen molar-refractivity contribution in [1.82, 2.24) is 18.7 Å². The summed E-state index contributed by atoms with van der Waals surface area (Å²) in [7, 11) is 0. The summed E-state index contributed by atoms with van der Waals surface area (Å²) in [5, 5.41) is 4.69. The van der Waals surface area contributed by atoms with Crippen LogP contribution in [0, 0.1) is 13.8 Å².